The first-order valence-corrected chi connectivity index (χ1v) is 6.36. The molecule has 1 aliphatic heterocycles. The fraction of sp³-hybridized carbons (Fsp3) is 0.667. The Morgan fingerprint density at radius 1 is 1.57 bits per heavy atom. The maximum Gasteiger partial charge on any atom is 0.436 e. The molecule has 2 rings (SSSR count). The van der Waals surface area contributed by atoms with Crippen LogP contribution in [0, 0.1) is 0 Å². The van der Waals surface area contributed by atoms with Crippen molar-refractivity contribution in [3.63, 3.8) is 0 Å². The van der Waals surface area contributed by atoms with Crippen molar-refractivity contribution in [3.8, 4) is 0 Å². The Labute approximate surface area is 118 Å². The summed E-state index contributed by atoms with van der Waals surface area (Å²) in [7, 11) is 1.27. The van der Waals surface area contributed by atoms with E-state index in [1.165, 1.54) is 7.05 Å². The number of likely N-dealkylation sites (N-methyl/N-ethyl adjacent to an activating group) is 1. The minimum Gasteiger partial charge on any atom is -0.431 e. The Balaban J connectivity index is 1.82. The van der Waals surface area contributed by atoms with Crippen molar-refractivity contribution in [1.29, 1.82) is 0 Å². The van der Waals surface area contributed by atoms with Crippen LogP contribution in [0.15, 0.2) is 10.7 Å². The number of oxazole rings is 1. The summed E-state index contributed by atoms with van der Waals surface area (Å²) >= 11 is 0. The fourth-order valence-corrected chi connectivity index (χ4v) is 1.81. The van der Waals surface area contributed by atoms with Crippen LogP contribution in [0.1, 0.15) is 18.5 Å². The number of alkyl halides is 3. The summed E-state index contributed by atoms with van der Waals surface area (Å²) in [6.45, 7) is 0.678. The van der Waals surface area contributed by atoms with Crippen LogP contribution < -0.4 is 4.90 Å². The highest BCUT2D eigenvalue weighted by Crippen LogP contribution is 2.30. The molecule has 1 aromatic heterocycles. The van der Waals surface area contributed by atoms with Gasteiger partial charge < -0.3 is 13.9 Å². The molecule has 0 saturated carbocycles. The van der Waals surface area contributed by atoms with Crippen LogP contribution in [0.25, 0.3) is 0 Å². The number of rotatable bonds is 5. The molecule has 9 heteroatoms. The van der Waals surface area contributed by atoms with E-state index < -0.39 is 23.8 Å². The predicted octanol–water partition coefficient (Wildman–Crippen LogP) is 1.85. The average Bonchev–Trinajstić information content (AvgIpc) is 3.08. The zero-order chi connectivity index (χ0) is 15.5. The lowest BCUT2D eigenvalue weighted by Crippen LogP contribution is -2.31. The van der Waals surface area contributed by atoms with Gasteiger partial charge in [0.25, 0.3) is 5.91 Å². The molecular weight excluding hydrogens is 293 g/mol. The van der Waals surface area contributed by atoms with Gasteiger partial charge in [-0.25, -0.2) is 0 Å². The molecule has 1 fully saturated rings. The van der Waals surface area contributed by atoms with Crippen molar-refractivity contribution in [2.24, 2.45) is 0 Å². The van der Waals surface area contributed by atoms with Gasteiger partial charge in [0.1, 0.15) is 12.9 Å². The quantitative estimate of drug-likeness (QED) is 0.830. The third-order valence-corrected chi connectivity index (χ3v) is 3.00. The van der Waals surface area contributed by atoms with Crippen LogP contribution in [0.5, 0.6) is 0 Å². The number of carbonyl (C=O) groups excluding carboxylic acids is 1. The molecule has 0 aromatic carbocycles. The summed E-state index contributed by atoms with van der Waals surface area (Å²) in [5.74, 6) is -0.552. The monoisotopic (exact) mass is 308 g/mol. The van der Waals surface area contributed by atoms with Gasteiger partial charge in [-0.15, -0.1) is 0 Å². The SMILES string of the molecule is CN(C(=O)COCC1CCCO1)c1nc(C(F)(F)F)co1. The molecule has 1 saturated heterocycles. The van der Waals surface area contributed by atoms with Crippen molar-refractivity contribution in [2.45, 2.75) is 25.1 Å². The summed E-state index contributed by atoms with van der Waals surface area (Å²) in [4.78, 5) is 15.9. The second kappa shape index (κ2) is 6.44. The van der Waals surface area contributed by atoms with Gasteiger partial charge in [-0.05, 0) is 12.8 Å². The van der Waals surface area contributed by atoms with Crippen LogP contribution in [-0.4, -0.2) is 43.9 Å². The molecule has 1 amide bonds. The number of hydrogen-bond acceptors (Lipinski definition) is 5. The first kappa shape index (κ1) is 15.8. The van der Waals surface area contributed by atoms with E-state index in [-0.39, 0.29) is 19.3 Å². The van der Waals surface area contributed by atoms with Gasteiger partial charge in [0.15, 0.2) is 5.69 Å². The number of aromatic nitrogens is 1. The number of amides is 1. The largest absolute Gasteiger partial charge is 0.436 e. The molecule has 0 spiro atoms. The van der Waals surface area contributed by atoms with Gasteiger partial charge in [0.05, 0.1) is 12.7 Å². The lowest BCUT2D eigenvalue weighted by Gasteiger charge is -2.14. The van der Waals surface area contributed by atoms with E-state index in [2.05, 4.69) is 9.40 Å². The zero-order valence-electron chi connectivity index (χ0n) is 11.4. The van der Waals surface area contributed by atoms with E-state index in [9.17, 15) is 18.0 Å². The van der Waals surface area contributed by atoms with E-state index in [0.717, 1.165) is 17.7 Å². The normalized spacial score (nSPS) is 19.0. The Morgan fingerprint density at radius 3 is 2.90 bits per heavy atom. The molecule has 1 unspecified atom stereocenters. The number of hydrogen-bond donors (Lipinski definition) is 0. The fourth-order valence-electron chi connectivity index (χ4n) is 1.81. The van der Waals surface area contributed by atoms with Gasteiger partial charge >= 0.3 is 12.2 Å². The molecule has 1 aliphatic rings. The molecule has 0 aliphatic carbocycles. The maximum absolute atomic E-state index is 12.4. The molecule has 0 bridgehead atoms. The Bertz CT molecular complexity index is 483. The molecule has 1 atom stereocenters. The van der Waals surface area contributed by atoms with Crippen molar-refractivity contribution in [2.75, 3.05) is 31.8 Å². The molecule has 1 aromatic rings. The third kappa shape index (κ3) is 4.18. The van der Waals surface area contributed by atoms with Crippen LogP contribution in [0.2, 0.25) is 0 Å². The maximum atomic E-state index is 12.4. The van der Waals surface area contributed by atoms with Crippen LogP contribution >= 0.6 is 0 Å². The molecule has 0 radical (unpaired) electrons. The van der Waals surface area contributed by atoms with Gasteiger partial charge in [-0.3, -0.25) is 9.69 Å². The van der Waals surface area contributed by atoms with Crippen LogP contribution in [-0.2, 0) is 20.4 Å². The second-order valence-corrected chi connectivity index (χ2v) is 4.62. The van der Waals surface area contributed by atoms with Gasteiger partial charge in [0.2, 0.25) is 0 Å². The van der Waals surface area contributed by atoms with Gasteiger partial charge in [-0.2, -0.15) is 18.2 Å². The van der Waals surface area contributed by atoms with Crippen LogP contribution in [0.3, 0.4) is 0 Å². The second-order valence-electron chi connectivity index (χ2n) is 4.62. The molecule has 2 heterocycles. The highest BCUT2D eigenvalue weighted by molar-refractivity contribution is 5.91. The van der Waals surface area contributed by atoms with E-state index in [1.54, 1.807) is 0 Å². The summed E-state index contributed by atoms with van der Waals surface area (Å²) in [6.07, 6.45) is -2.34. The molecule has 6 nitrogen and oxygen atoms in total. The summed E-state index contributed by atoms with van der Waals surface area (Å²) in [5.41, 5.74) is -1.18. The van der Waals surface area contributed by atoms with Crippen molar-refractivity contribution < 1.29 is 31.9 Å². The Hall–Kier alpha value is -1.61. The van der Waals surface area contributed by atoms with E-state index in [4.69, 9.17) is 9.47 Å². The predicted molar refractivity (Wildman–Crippen MR) is 64.7 cm³/mol. The summed E-state index contributed by atoms with van der Waals surface area (Å²) < 4.78 is 52.3. The minimum atomic E-state index is -4.61. The number of nitrogens with zero attached hydrogens (tertiary/aromatic N) is 2. The summed E-state index contributed by atoms with van der Waals surface area (Å²) in [5, 5.41) is 0. The van der Waals surface area contributed by atoms with Crippen molar-refractivity contribution in [3.05, 3.63) is 12.0 Å². The van der Waals surface area contributed by atoms with E-state index in [0.29, 0.717) is 12.9 Å². The first-order valence-electron chi connectivity index (χ1n) is 6.36. The Kier molecular flexibility index (Phi) is 4.84. The summed E-state index contributed by atoms with van der Waals surface area (Å²) in [6, 6.07) is -0.423. The topological polar surface area (TPSA) is 64.8 Å². The molecule has 0 N–H and O–H groups in total. The molecular formula is C12H15F3N2O4. The third-order valence-electron chi connectivity index (χ3n) is 3.00. The highest BCUT2D eigenvalue weighted by Gasteiger charge is 2.35. The standard InChI is InChI=1S/C12H15F3N2O4/c1-17(11-16-9(6-21-11)12(13,14)15)10(18)7-19-5-8-3-2-4-20-8/h6,8H,2-5,7H2,1H3. The van der Waals surface area contributed by atoms with E-state index >= 15 is 0 Å². The van der Waals surface area contributed by atoms with Crippen LogP contribution in [0.4, 0.5) is 19.2 Å². The minimum absolute atomic E-state index is 0.0262. The average molecular weight is 308 g/mol. The number of anilines is 1. The van der Waals surface area contributed by atoms with Crippen molar-refractivity contribution in [1.82, 2.24) is 4.98 Å². The number of halogens is 3. The smallest absolute Gasteiger partial charge is 0.431 e. The Morgan fingerprint density at radius 2 is 2.33 bits per heavy atom. The van der Waals surface area contributed by atoms with Crippen molar-refractivity contribution >= 4 is 11.9 Å². The van der Waals surface area contributed by atoms with Gasteiger partial charge in [0, 0.05) is 13.7 Å². The molecule has 21 heavy (non-hydrogen) atoms. The molecule has 118 valence electrons. The number of ether oxygens (including phenoxy) is 2. The van der Waals surface area contributed by atoms with Gasteiger partial charge in [-0.1, -0.05) is 0 Å². The highest BCUT2D eigenvalue weighted by atomic mass is 19.4. The zero-order valence-corrected chi connectivity index (χ0v) is 11.4. The van der Waals surface area contributed by atoms with E-state index in [1.807, 2.05) is 0 Å². The lowest BCUT2D eigenvalue weighted by atomic mass is 10.2. The number of carbonyl (C=O) groups is 1. The first-order chi connectivity index (χ1) is 9.88. The lowest BCUT2D eigenvalue weighted by molar-refractivity contribution is -0.141.